The van der Waals surface area contributed by atoms with E-state index in [2.05, 4.69) is 26.2 Å². The van der Waals surface area contributed by atoms with Crippen molar-refractivity contribution in [3.63, 3.8) is 0 Å². The van der Waals surface area contributed by atoms with Crippen molar-refractivity contribution >= 4 is 27.3 Å². The molecule has 0 aliphatic heterocycles. The molecule has 2 rings (SSSR count). The molecular formula is C16H17BrN2O4. The fraction of sp³-hybridized carbons (Fsp3) is 0.250. The Morgan fingerprint density at radius 2 is 1.26 bits per heavy atom. The Morgan fingerprint density at radius 1 is 0.696 bits per heavy atom. The fourth-order valence-corrected chi connectivity index (χ4v) is 2.49. The van der Waals surface area contributed by atoms with Crippen molar-refractivity contribution in [2.45, 2.75) is 0 Å². The first kappa shape index (κ1) is 17.1. The van der Waals surface area contributed by atoms with E-state index in [9.17, 15) is 0 Å². The lowest BCUT2D eigenvalue weighted by molar-refractivity contribution is 0.324. The summed E-state index contributed by atoms with van der Waals surface area (Å²) in [5, 5.41) is 8.42. The Kier molecular flexibility index (Phi) is 5.81. The number of methoxy groups -OCH3 is 4. The van der Waals surface area contributed by atoms with Crippen molar-refractivity contribution in [3.05, 3.63) is 34.8 Å². The van der Waals surface area contributed by atoms with E-state index < -0.39 is 0 Å². The van der Waals surface area contributed by atoms with E-state index >= 15 is 0 Å². The number of benzene rings is 2. The van der Waals surface area contributed by atoms with Gasteiger partial charge >= 0.3 is 0 Å². The summed E-state index contributed by atoms with van der Waals surface area (Å²) in [6.07, 6.45) is 0. The normalized spacial score (nSPS) is 10.7. The zero-order valence-electron chi connectivity index (χ0n) is 13.3. The smallest absolute Gasteiger partial charge is 0.203 e. The highest BCUT2D eigenvalue weighted by molar-refractivity contribution is 9.10. The van der Waals surface area contributed by atoms with Crippen molar-refractivity contribution in [2.24, 2.45) is 10.2 Å². The first-order valence-electron chi connectivity index (χ1n) is 6.68. The summed E-state index contributed by atoms with van der Waals surface area (Å²) < 4.78 is 21.8. The van der Waals surface area contributed by atoms with Gasteiger partial charge in [-0.25, -0.2) is 0 Å². The molecule has 2 aromatic carbocycles. The van der Waals surface area contributed by atoms with Gasteiger partial charge in [0.05, 0.1) is 44.3 Å². The predicted octanol–water partition coefficient (Wildman–Crippen LogP) is 4.90. The standard InChI is InChI=1S/C16H17BrN2O4/c1-20-13-6-5-10(7-12(13)17)18-19-11-8-14(21-2)16(23-4)15(9-11)22-3/h5-9H,1-4H3. The molecule has 2 aromatic rings. The van der Waals surface area contributed by atoms with Crippen LogP contribution >= 0.6 is 15.9 Å². The molecule has 0 saturated heterocycles. The van der Waals surface area contributed by atoms with Crippen LogP contribution in [0.2, 0.25) is 0 Å². The van der Waals surface area contributed by atoms with E-state index in [0.29, 0.717) is 28.6 Å². The third kappa shape index (κ3) is 3.92. The van der Waals surface area contributed by atoms with Gasteiger partial charge in [0.1, 0.15) is 5.75 Å². The van der Waals surface area contributed by atoms with Crippen LogP contribution in [0.4, 0.5) is 11.4 Å². The van der Waals surface area contributed by atoms with Gasteiger partial charge in [-0.15, -0.1) is 0 Å². The zero-order valence-corrected chi connectivity index (χ0v) is 14.9. The molecule has 7 heteroatoms. The van der Waals surface area contributed by atoms with Gasteiger partial charge < -0.3 is 18.9 Å². The van der Waals surface area contributed by atoms with Crippen LogP contribution in [0.25, 0.3) is 0 Å². The Balaban J connectivity index is 2.34. The summed E-state index contributed by atoms with van der Waals surface area (Å²) in [6.45, 7) is 0. The summed E-state index contributed by atoms with van der Waals surface area (Å²) in [4.78, 5) is 0. The van der Waals surface area contributed by atoms with Crippen LogP contribution in [0.15, 0.2) is 45.0 Å². The van der Waals surface area contributed by atoms with E-state index in [1.807, 2.05) is 18.2 Å². The van der Waals surface area contributed by atoms with Crippen molar-refractivity contribution in [1.29, 1.82) is 0 Å². The van der Waals surface area contributed by atoms with Gasteiger partial charge in [0.2, 0.25) is 5.75 Å². The largest absolute Gasteiger partial charge is 0.496 e. The van der Waals surface area contributed by atoms with Gasteiger partial charge in [-0.3, -0.25) is 0 Å². The molecule has 0 unspecified atom stereocenters. The summed E-state index contributed by atoms with van der Waals surface area (Å²) in [7, 11) is 6.27. The maximum Gasteiger partial charge on any atom is 0.203 e. The maximum atomic E-state index is 5.29. The van der Waals surface area contributed by atoms with Crippen LogP contribution in [0, 0.1) is 0 Å². The molecule has 0 aliphatic rings. The summed E-state index contributed by atoms with van der Waals surface area (Å²) in [5.74, 6) is 2.30. The SMILES string of the molecule is COc1ccc(N=Nc2cc(OC)c(OC)c(OC)c2)cc1Br. The van der Waals surface area contributed by atoms with E-state index in [-0.39, 0.29) is 0 Å². The van der Waals surface area contributed by atoms with Crippen molar-refractivity contribution in [1.82, 2.24) is 0 Å². The molecule has 6 nitrogen and oxygen atoms in total. The zero-order chi connectivity index (χ0) is 16.8. The lowest BCUT2D eigenvalue weighted by Crippen LogP contribution is -1.94. The molecule has 0 bridgehead atoms. The second kappa shape index (κ2) is 7.82. The molecule has 0 N–H and O–H groups in total. The highest BCUT2D eigenvalue weighted by Crippen LogP contribution is 2.41. The number of rotatable bonds is 6. The van der Waals surface area contributed by atoms with Gasteiger partial charge in [0.15, 0.2) is 11.5 Å². The Hall–Kier alpha value is -2.28. The number of nitrogens with zero attached hydrogens (tertiary/aromatic N) is 2. The fourth-order valence-electron chi connectivity index (χ4n) is 1.96. The maximum absolute atomic E-state index is 5.29. The monoisotopic (exact) mass is 380 g/mol. The van der Waals surface area contributed by atoms with Crippen LogP contribution in [0.3, 0.4) is 0 Å². The van der Waals surface area contributed by atoms with Crippen LogP contribution in [0.5, 0.6) is 23.0 Å². The summed E-state index contributed by atoms with van der Waals surface area (Å²) in [6, 6.07) is 8.89. The Morgan fingerprint density at radius 3 is 1.74 bits per heavy atom. The molecule has 0 amide bonds. The topological polar surface area (TPSA) is 61.6 Å². The van der Waals surface area contributed by atoms with Crippen molar-refractivity contribution in [3.8, 4) is 23.0 Å². The van der Waals surface area contributed by atoms with Crippen molar-refractivity contribution in [2.75, 3.05) is 28.4 Å². The number of ether oxygens (including phenoxy) is 4. The molecule has 0 fully saturated rings. The van der Waals surface area contributed by atoms with Gasteiger partial charge in [-0.05, 0) is 34.1 Å². The minimum Gasteiger partial charge on any atom is -0.496 e. The lowest BCUT2D eigenvalue weighted by atomic mass is 10.2. The molecule has 0 atom stereocenters. The van der Waals surface area contributed by atoms with Crippen LogP contribution in [-0.4, -0.2) is 28.4 Å². The van der Waals surface area contributed by atoms with Crippen LogP contribution in [0.1, 0.15) is 0 Å². The van der Waals surface area contributed by atoms with Gasteiger partial charge in [0.25, 0.3) is 0 Å². The molecule has 23 heavy (non-hydrogen) atoms. The van der Waals surface area contributed by atoms with Crippen LogP contribution < -0.4 is 18.9 Å². The molecule has 0 heterocycles. The molecule has 0 radical (unpaired) electrons. The summed E-state index contributed by atoms with van der Waals surface area (Å²) >= 11 is 3.41. The predicted molar refractivity (Wildman–Crippen MR) is 91.0 cm³/mol. The highest BCUT2D eigenvalue weighted by Gasteiger charge is 2.13. The molecule has 0 aromatic heterocycles. The van der Waals surface area contributed by atoms with Gasteiger partial charge in [-0.1, -0.05) is 0 Å². The summed E-state index contributed by atoms with van der Waals surface area (Å²) in [5.41, 5.74) is 1.28. The number of hydrogen-bond donors (Lipinski definition) is 0. The average Bonchev–Trinajstić information content (AvgIpc) is 2.58. The van der Waals surface area contributed by atoms with Crippen molar-refractivity contribution < 1.29 is 18.9 Å². The number of hydrogen-bond acceptors (Lipinski definition) is 6. The average molecular weight is 381 g/mol. The van der Waals surface area contributed by atoms with E-state index in [1.54, 1.807) is 40.6 Å². The van der Waals surface area contributed by atoms with Gasteiger partial charge in [0, 0.05) is 12.1 Å². The third-order valence-corrected chi connectivity index (χ3v) is 3.69. The van der Waals surface area contributed by atoms with Gasteiger partial charge in [-0.2, -0.15) is 10.2 Å². The Bertz CT molecular complexity index is 694. The third-order valence-electron chi connectivity index (χ3n) is 3.07. The molecular weight excluding hydrogens is 364 g/mol. The minimum absolute atomic E-state index is 0.515. The number of azo groups is 1. The quantitative estimate of drug-likeness (QED) is 0.668. The van der Waals surface area contributed by atoms with E-state index in [4.69, 9.17) is 18.9 Å². The Labute approximate surface area is 143 Å². The van der Waals surface area contributed by atoms with Crippen LogP contribution in [-0.2, 0) is 0 Å². The lowest BCUT2D eigenvalue weighted by Gasteiger charge is -2.12. The first-order valence-corrected chi connectivity index (χ1v) is 7.47. The molecule has 122 valence electrons. The highest BCUT2D eigenvalue weighted by atomic mass is 79.9. The minimum atomic E-state index is 0.515. The second-order valence-electron chi connectivity index (χ2n) is 4.40. The van der Waals surface area contributed by atoms with E-state index in [1.165, 1.54) is 0 Å². The molecule has 0 aliphatic carbocycles. The van der Waals surface area contributed by atoms with E-state index in [0.717, 1.165) is 10.2 Å². The first-order chi connectivity index (χ1) is 11.1. The second-order valence-corrected chi connectivity index (χ2v) is 5.26. The molecule has 0 saturated carbocycles. The molecule has 0 spiro atoms. The number of halogens is 1.